The number of nitrogens with zero attached hydrogens (tertiary/aromatic N) is 1. The summed E-state index contributed by atoms with van der Waals surface area (Å²) in [5.74, 6) is 0. The molecule has 21 heavy (non-hydrogen) atoms. The van der Waals surface area contributed by atoms with Crippen LogP contribution in [0.15, 0.2) is 18.2 Å². The third-order valence-corrected chi connectivity index (χ3v) is 4.67. The van der Waals surface area contributed by atoms with Gasteiger partial charge in [-0.1, -0.05) is 23.7 Å². The Morgan fingerprint density at radius 2 is 1.86 bits per heavy atom. The number of hydrogen-bond acceptors (Lipinski definition) is 4. The molecular weight excluding hydrogens is 288 g/mol. The molecule has 1 aliphatic carbocycles. The lowest BCUT2D eigenvalue weighted by molar-refractivity contribution is -0.00461. The van der Waals surface area contributed by atoms with Crippen LogP contribution in [0.3, 0.4) is 0 Å². The molecule has 0 radical (unpaired) electrons. The number of methoxy groups -OCH3 is 2. The van der Waals surface area contributed by atoms with Crippen molar-refractivity contribution in [3.63, 3.8) is 0 Å². The molecule has 4 nitrogen and oxygen atoms in total. The predicted molar refractivity (Wildman–Crippen MR) is 85.1 cm³/mol. The van der Waals surface area contributed by atoms with Crippen molar-refractivity contribution in [2.24, 2.45) is 0 Å². The minimum atomic E-state index is 0.0931. The Bertz CT molecular complexity index is 481. The van der Waals surface area contributed by atoms with E-state index in [1.807, 2.05) is 12.1 Å². The van der Waals surface area contributed by atoms with E-state index < -0.39 is 0 Å². The molecular formula is C16H23ClN2O2. The van der Waals surface area contributed by atoms with Crippen LogP contribution in [0.5, 0.6) is 0 Å². The average molecular weight is 311 g/mol. The topological polar surface area (TPSA) is 33.7 Å². The van der Waals surface area contributed by atoms with Gasteiger partial charge in [0, 0.05) is 39.9 Å². The van der Waals surface area contributed by atoms with Crippen LogP contribution >= 0.6 is 11.6 Å². The maximum Gasteiger partial charge on any atom is 0.102 e. The van der Waals surface area contributed by atoms with Crippen molar-refractivity contribution in [1.29, 1.82) is 0 Å². The summed E-state index contributed by atoms with van der Waals surface area (Å²) < 4.78 is 11.1. The molecule has 1 heterocycles. The Hall–Kier alpha value is -0.810. The first kappa shape index (κ1) is 15.1. The van der Waals surface area contributed by atoms with E-state index in [4.69, 9.17) is 21.1 Å². The molecule has 2 fully saturated rings. The van der Waals surface area contributed by atoms with Crippen LogP contribution in [0.4, 0.5) is 5.69 Å². The fraction of sp³-hybridized carbons (Fsp3) is 0.625. The molecule has 3 rings (SSSR count). The van der Waals surface area contributed by atoms with Crippen molar-refractivity contribution in [2.45, 2.75) is 37.6 Å². The maximum absolute atomic E-state index is 6.47. The zero-order valence-electron chi connectivity index (χ0n) is 12.6. The number of anilines is 1. The molecule has 0 aromatic heterocycles. The Balaban J connectivity index is 1.79. The second-order valence-corrected chi connectivity index (χ2v) is 6.26. The van der Waals surface area contributed by atoms with E-state index in [1.165, 1.54) is 18.4 Å². The second-order valence-electron chi connectivity index (χ2n) is 5.86. The van der Waals surface area contributed by atoms with E-state index in [2.05, 4.69) is 16.3 Å². The number of hydrogen-bond donors (Lipinski definition) is 1. The molecule has 116 valence electrons. The van der Waals surface area contributed by atoms with E-state index in [0.717, 1.165) is 30.3 Å². The fourth-order valence-electron chi connectivity index (χ4n) is 2.98. The Labute approximate surface area is 131 Å². The van der Waals surface area contributed by atoms with E-state index in [1.54, 1.807) is 14.2 Å². The molecule has 2 aliphatic rings. The third-order valence-electron chi connectivity index (χ3n) is 4.37. The van der Waals surface area contributed by atoms with Gasteiger partial charge in [-0.2, -0.15) is 0 Å². The average Bonchev–Trinajstić information content (AvgIpc) is 3.23. The van der Waals surface area contributed by atoms with Crippen LogP contribution in [-0.2, 0) is 16.0 Å². The molecule has 1 aromatic rings. The molecule has 1 saturated heterocycles. The Morgan fingerprint density at radius 3 is 2.43 bits per heavy atom. The van der Waals surface area contributed by atoms with Gasteiger partial charge >= 0.3 is 0 Å². The molecule has 1 saturated carbocycles. The summed E-state index contributed by atoms with van der Waals surface area (Å²) in [4.78, 5) is 2.29. The number of rotatable bonds is 6. The van der Waals surface area contributed by atoms with Gasteiger partial charge in [0.15, 0.2) is 0 Å². The summed E-state index contributed by atoms with van der Waals surface area (Å²) >= 11 is 6.47. The van der Waals surface area contributed by atoms with Crippen LogP contribution in [0.1, 0.15) is 18.4 Å². The Kier molecular flexibility index (Phi) is 4.69. The standard InChI is InChI=1S/C16H23ClN2O2/c1-20-14-9-19(10-15(14)21-2)16-11(4-3-5-13(16)17)8-18-12-6-7-12/h3-5,12,14-15,18H,6-10H2,1-2H3. The SMILES string of the molecule is COC1CN(c2c(Cl)cccc2CNC2CC2)CC1OC. The molecule has 2 atom stereocenters. The van der Waals surface area contributed by atoms with Crippen molar-refractivity contribution in [3.8, 4) is 0 Å². The second kappa shape index (κ2) is 6.53. The van der Waals surface area contributed by atoms with Crippen LogP contribution in [0, 0.1) is 0 Å². The number of nitrogens with one attached hydrogen (secondary N) is 1. The summed E-state index contributed by atoms with van der Waals surface area (Å²) in [5, 5.41) is 4.37. The molecule has 0 bridgehead atoms. The zero-order chi connectivity index (χ0) is 14.8. The first-order valence-electron chi connectivity index (χ1n) is 7.54. The predicted octanol–water partition coefficient (Wildman–Crippen LogP) is 2.44. The largest absolute Gasteiger partial charge is 0.377 e. The molecule has 1 aliphatic heterocycles. The first-order chi connectivity index (χ1) is 10.2. The molecule has 2 unspecified atom stereocenters. The van der Waals surface area contributed by atoms with Gasteiger partial charge in [-0.15, -0.1) is 0 Å². The summed E-state index contributed by atoms with van der Waals surface area (Å²) in [6.45, 7) is 2.50. The lowest BCUT2D eigenvalue weighted by atomic mass is 10.1. The summed E-state index contributed by atoms with van der Waals surface area (Å²) in [6.07, 6.45) is 2.76. The highest BCUT2D eigenvalue weighted by molar-refractivity contribution is 6.33. The van der Waals surface area contributed by atoms with Gasteiger partial charge in [0.25, 0.3) is 0 Å². The monoisotopic (exact) mass is 310 g/mol. The molecule has 0 amide bonds. The quantitative estimate of drug-likeness (QED) is 0.875. The highest BCUT2D eigenvalue weighted by atomic mass is 35.5. The van der Waals surface area contributed by atoms with Crippen molar-refractivity contribution in [3.05, 3.63) is 28.8 Å². The fourth-order valence-corrected chi connectivity index (χ4v) is 3.29. The van der Waals surface area contributed by atoms with Crippen LogP contribution in [0.2, 0.25) is 5.02 Å². The summed E-state index contributed by atoms with van der Waals surface area (Å²) in [5.41, 5.74) is 2.37. The van der Waals surface area contributed by atoms with Crippen molar-refractivity contribution in [2.75, 3.05) is 32.2 Å². The number of ether oxygens (including phenoxy) is 2. The van der Waals surface area contributed by atoms with Gasteiger partial charge in [-0.3, -0.25) is 0 Å². The van der Waals surface area contributed by atoms with Gasteiger partial charge in [-0.25, -0.2) is 0 Å². The van der Waals surface area contributed by atoms with Gasteiger partial charge in [0.05, 0.1) is 10.7 Å². The smallest absolute Gasteiger partial charge is 0.102 e. The molecule has 5 heteroatoms. The van der Waals surface area contributed by atoms with Crippen LogP contribution in [0.25, 0.3) is 0 Å². The van der Waals surface area contributed by atoms with Gasteiger partial charge in [0.2, 0.25) is 0 Å². The summed E-state index contributed by atoms with van der Waals surface area (Å²) in [6, 6.07) is 6.82. The maximum atomic E-state index is 6.47. The van der Waals surface area contributed by atoms with Crippen LogP contribution < -0.4 is 10.2 Å². The highest BCUT2D eigenvalue weighted by Crippen LogP contribution is 2.34. The molecule has 1 aromatic carbocycles. The van der Waals surface area contributed by atoms with E-state index in [9.17, 15) is 0 Å². The Morgan fingerprint density at radius 1 is 1.19 bits per heavy atom. The molecule has 1 N–H and O–H groups in total. The normalized spacial score (nSPS) is 25.6. The first-order valence-corrected chi connectivity index (χ1v) is 7.92. The van der Waals surface area contributed by atoms with Gasteiger partial charge in [-0.05, 0) is 24.5 Å². The van der Waals surface area contributed by atoms with E-state index in [0.29, 0.717) is 6.04 Å². The summed E-state index contributed by atoms with van der Waals surface area (Å²) in [7, 11) is 3.48. The lowest BCUT2D eigenvalue weighted by Crippen LogP contribution is -2.27. The van der Waals surface area contributed by atoms with Gasteiger partial charge in [0.1, 0.15) is 12.2 Å². The van der Waals surface area contributed by atoms with Crippen molar-refractivity contribution in [1.82, 2.24) is 5.32 Å². The minimum absolute atomic E-state index is 0.0931. The highest BCUT2D eigenvalue weighted by Gasteiger charge is 2.34. The van der Waals surface area contributed by atoms with Crippen molar-refractivity contribution >= 4 is 17.3 Å². The number of benzene rings is 1. The van der Waals surface area contributed by atoms with Crippen LogP contribution in [-0.4, -0.2) is 45.6 Å². The number of para-hydroxylation sites is 1. The van der Waals surface area contributed by atoms with Gasteiger partial charge < -0.3 is 19.7 Å². The van der Waals surface area contributed by atoms with Crippen molar-refractivity contribution < 1.29 is 9.47 Å². The number of halogens is 1. The zero-order valence-corrected chi connectivity index (χ0v) is 13.4. The minimum Gasteiger partial charge on any atom is -0.377 e. The lowest BCUT2D eigenvalue weighted by Gasteiger charge is -2.23. The van der Waals surface area contributed by atoms with E-state index in [-0.39, 0.29) is 12.2 Å². The van der Waals surface area contributed by atoms with E-state index >= 15 is 0 Å². The third kappa shape index (κ3) is 3.34. The molecule has 0 spiro atoms.